The molecule has 30 heavy (non-hydrogen) atoms. The van der Waals surface area contributed by atoms with Gasteiger partial charge < -0.3 is 14.8 Å². The van der Waals surface area contributed by atoms with Crippen molar-refractivity contribution in [3.63, 3.8) is 0 Å². The number of carbonyl (C=O) groups is 2. The lowest BCUT2D eigenvalue weighted by molar-refractivity contribution is -0.132. The third-order valence-electron chi connectivity index (χ3n) is 5.43. The number of hydrogen-bond acceptors (Lipinski definition) is 4. The Morgan fingerprint density at radius 1 is 1.00 bits per heavy atom. The van der Waals surface area contributed by atoms with Gasteiger partial charge in [-0.05, 0) is 60.9 Å². The summed E-state index contributed by atoms with van der Waals surface area (Å²) in [5.41, 5.74) is 2.23. The summed E-state index contributed by atoms with van der Waals surface area (Å²) in [7, 11) is 1.52. The molecule has 0 spiro atoms. The topological polar surface area (TPSA) is 64.6 Å². The number of benzene rings is 2. The summed E-state index contributed by atoms with van der Waals surface area (Å²) in [5, 5.41) is 3.22. The van der Waals surface area contributed by atoms with Crippen LogP contribution in [-0.4, -0.2) is 25.0 Å². The molecule has 3 rings (SSSR count). The van der Waals surface area contributed by atoms with Gasteiger partial charge in [-0.15, -0.1) is 0 Å². The molecule has 0 bridgehead atoms. The van der Waals surface area contributed by atoms with Gasteiger partial charge in [0.2, 0.25) is 0 Å². The summed E-state index contributed by atoms with van der Waals surface area (Å²) in [6.45, 7) is 3.61. The third kappa shape index (κ3) is 5.72. The lowest BCUT2D eigenvalue weighted by atomic mass is 9.87. The number of ether oxygens (including phenoxy) is 2. The van der Waals surface area contributed by atoms with Crippen molar-refractivity contribution in [2.45, 2.75) is 45.6 Å². The Bertz CT molecular complexity index is 912. The summed E-state index contributed by atoms with van der Waals surface area (Å²) in [5.74, 6) is 1.02. The van der Waals surface area contributed by atoms with Gasteiger partial charge in [-0.1, -0.05) is 43.3 Å². The summed E-state index contributed by atoms with van der Waals surface area (Å²) in [6.07, 6.45) is 6.16. The number of carbonyl (C=O) groups excluding carboxylic acids is 2. The molecule has 1 aliphatic rings. The van der Waals surface area contributed by atoms with Crippen LogP contribution in [0.3, 0.4) is 0 Å². The average Bonchev–Trinajstić information content (AvgIpc) is 2.74. The van der Waals surface area contributed by atoms with E-state index in [1.807, 2.05) is 36.4 Å². The van der Waals surface area contributed by atoms with Crippen molar-refractivity contribution < 1.29 is 19.1 Å². The normalized spacial score (nSPS) is 19.1. The van der Waals surface area contributed by atoms with Crippen LogP contribution in [0.2, 0.25) is 0 Å². The van der Waals surface area contributed by atoms with Crippen molar-refractivity contribution in [3.05, 3.63) is 59.7 Å². The van der Waals surface area contributed by atoms with Crippen molar-refractivity contribution in [3.8, 4) is 11.5 Å². The fraction of sp³-hybridized carbons (Fsp3) is 0.360. The van der Waals surface area contributed by atoms with Crippen LogP contribution in [0.4, 0.5) is 0 Å². The van der Waals surface area contributed by atoms with Gasteiger partial charge in [0.05, 0.1) is 7.11 Å². The van der Waals surface area contributed by atoms with Gasteiger partial charge in [0, 0.05) is 18.5 Å². The maximum atomic E-state index is 13.2. The molecule has 0 saturated heterocycles. The van der Waals surface area contributed by atoms with Crippen molar-refractivity contribution in [1.29, 1.82) is 0 Å². The monoisotopic (exact) mass is 407 g/mol. The molecule has 0 atom stereocenters. The smallest absolute Gasteiger partial charge is 0.308 e. The molecule has 1 fully saturated rings. The van der Waals surface area contributed by atoms with Crippen LogP contribution in [0.25, 0.3) is 11.6 Å². The molecular formula is C25H29NO4. The van der Waals surface area contributed by atoms with Crippen LogP contribution >= 0.6 is 0 Å². The zero-order chi connectivity index (χ0) is 21.5. The molecule has 0 unspecified atom stereocenters. The van der Waals surface area contributed by atoms with Gasteiger partial charge >= 0.3 is 5.97 Å². The van der Waals surface area contributed by atoms with Gasteiger partial charge in [0.25, 0.3) is 5.91 Å². The predicted molar refractivity (Wildman–Crippen MR) is 118 cm³/mol. The number of amides is 1. The van der Waals surface area contributed by atoms with Gasteiger partial charge in [-0.3, -0.25) is 9.59 Å². The number of esters is 1. The molecule has 0 aliphatic heterocycles. The summed E-state index contributed by atoms with van der Waals surface area (Å²) < 4.78 is 10.5. The molecule has 0 aromatic heterocycles. The van der Waals surface area contributed by atoms with Gasteiger partial charge in [-0.2, -0.15) is 0 Å². The highest BCUT2D eigenvalue weighted by molar-refractivity contribution is 6.24. The molecule has 2 aromatic rings. The molecule has 1 N–H and O–H groups in total. The first-order valence-corrected chi connectivity index (χ1v) is 10.4. The Balaban J connectivity index is 1.89. The SMILES string of the molecule is COc1cc(/C=C(/C(=O)NC2CCC(C)CC2)c2ccccc2)ccc1OC(C)=O. The van der Waals surface area contributed by atoms with E-state index in [-0.39, 0.29) is 11.9 Å². The molecule has 0 radical (unpaired) electrons. The largest absolute Gasteiger partial charge is 0.493 e. The van der Waals surface area contributed by atoms with Gasteiger partial charge in [0.1, 0.15) is 0 Å². The first kappa shape index (κ1) is 21.6. The van der Waals surface area contributed by atoms with Crippen molar-refractivity contribution in [2.75, 3.05) is 7.11 Å². The van der Waals surface area contributed by atoms with Crippen molar-refractivity contribution in [1.82, 2.24) is 5.32 Å². The third-order valence-corrected chi connectivity index (χ3v) is 5.43. The highest BCUT2D eigenvalue weighted by Crippen LogP contribution is 2.30. The summed E-state index contributed by atoms with van der Waals surface area (Å²) in [6, 6.07) is 15.1. The number of methoxy groups -OCH3 is 1. The number of nitrogens with one attached hydrogen (secondary N) is 1. The first-order valence-electron chi connectivity index (χ1n) is 10.4. The van der Waals surface area contributed by atoms with Crippen LogP contribution in [0.1, 0.15) is 50.7 Å². The maximum absolute atomic E-state index is 13.2. The van der Waals surface area contributed by atoms with Crippen LogP contribution in [0, 0.1) is 5.92 Å². The second kappa shape index (κ2) is 10.1. The van der Waals surface area contributed by atoms with Crippen molar-refractivity contribution in [2.24, 2.45) is 5.92 Å². The van der Waals surface area contributed by atoms with Gasteiger partial charge in [0.15, 0.2) is 11.5 Å². The van der Waals surface area contributed by atoms with E-state index in [1.54, 1.807) is 18.2 Å². The zero-order valence-corrected chi connectivity index (χ0v) is 17.8. The number of rotatable bonds is 6. The summed E-state index contributed by atoms with van der Waals surface area (Å²) >= 11 is 0. The quantitative estimate of drug-likeness (QED) is 0.322. The van der Waals surface area contributed by atoms with E-state index < -0.39 is 5.97 Å². The summed E-state index contributed by atoms with van der Waals surface area (Å²) in [4.78, 5) is 24.5. The second-order valence-corrected chi connectivity index (χ2v) is 7.86. The van der Waals surface area contributed by atoms with Crippen molar-refractivity contribution >= 4 is 23.5 Å². The van der Waals surface area contributed by atoms with E-state index in [1.165, 1.54) is 14.0 Å². The second-order valence-electron chi connectivity index (χ2n) is 7.86. The van der Waals surface area contributed by atoms with E-state index in [0.29, 0.717) is 17.1 Å². The molecule has 5 heteroatoms. The predicted octanol–water partition coefficient (Wildman–Crippen LogP) is 4.86. The maximum Gasteiger partial charge on any atom is 0.308 e. The molecule has 1 aliphatic carbocycles. The molecule has 0 heterocycles. The van der Waals surface area contributed by atoms with Crippen LogP contribution in [-0.2, 0) is 9.59 Å². The minimum Gasteiger partial charge on any atom is -0.493 e. The highest BCUT2D eigenvalue weighted by atomic mass is 16.6. The van der Waals surface area contributed by atoms with Crippen LogP contribution < -0.4 is 14.8 Å². The Hall–Kier alpha value is -3.08. The number of hydrogen-bond donors (Lipinski definition) is 1. The van der Waals surface area contributed by atoms with Gasteiger partial charge in [-0.25, -0.2) is 0 Å². The minimum absolute atomic E-state index is 0.0798. The molecule has 2 aromatic carbocycles. The first-order chi connectivity index (χ1) is 14.5. The average molecular weight is 408 g/mol. The molecule has 158 valence electrons. The van der Waals surface area contributed by atoms with E-state index in [9.17, 15) is 9.59 Å². The Kier molecular flexibility index (Phi) is 7.28. The lowest BCUT2D eigenvalue weighted by Gasteiger charge is -2.27. The Morgan fingerprint density at radius 3 is 2.33 bits per heavy atom. The molecule has 1 amide bonds. The molecular weight excluding hydrogens is 378 g/mol. The van der Waals surface area contributed by atoms with Crippen LogP contribution in [0.5, 0.6) is 11.5 Å². The van der Waals surface area contributed by atoms with E-state index in [2.05, 4.69) is 12.2 Å². The lowest BCUT2D eigenvalue weighted by Crippen LogP contribution is -2.37. The van der Waals surface area contributed by atoms with E-state index in [4.69, 9.17) is 9.47 Å². The standard InChI is InChI=1S/C25H29NO4/c1-17-9-12-21(13-10-17)26-25(28)22(20-7-5-4-6-8-20)15-19-11-14-23(30-18(2)27)24(16-19)29-3/h4-8,11,14-17,21H,9-10,12-13H2,1-3H3,(H,26,28)/b22-15+. The van der Waals surface area contributed by atoms with Crippen LogP contribution in [0.15, 0.2) is 48.5 Å². The molecule has 1 saturated carbocycles. The fourth-order valence-electron chi connectivity index (χ4n) is 3.75. The Morgan fingerprint density at radius 2 is 1.70 bits per heavy atom. The van der Waals surface area contributed by atoms with E-state index in [0.717, 1.165) is 42.7 Å². The molecule has 5 nitrogen and oxygen atoms in total. The highest BCUT2D eigenvalue weighted by Gasteiger charge is 2.22. The zero-order valence-electron chi connectivity index (χ0n) is 17.8. The fourth-order valence-corrected chi connectivity index (χ4v) is 3.75. The minimum atomic E-state index is -0.414. The Labute approximate surface area is 178 Å². The van der Waals surface area contributed by atoms with E-state index >= 15 is 0 Å².